The van der Waals surface area contributed by atoms with Gasteiger partial charge in [0, 0.05) is 124 Å². The van der Waals surface area contributed by atoms with Crippen LogP contribution in [0.4, 0.5) is 0 Å². The molecule has 0 N–H and O–H groups in total. The topological polar surface area (TPSA) is 146 Å². The van der Waals surface area contributed by atoms with Gasteiger partial charge < -0.3 is 31.7 Å². The summed E-state index contributed by atoms with van der Waals surface area (Å²) in [5.74, 6) is 0. The second-order valence-electron chi connectivity index (χ2n) is 32.8. The van der Waals surface area contributed by atoms with Crippen molar-refractivity contribution in [3.63, 3.8) is 0 Å². The normalized spacial score (nSPS) is 11.7. The first-order valence-electron chi connectivity index (χ1n) is 43.2. The predicted molar refractivity (Wildman–Crippen MR) is 534 cm³/mol. The number of rotatable bonds is 8. The summed E-state index contributed by atoms with van der Waals surface area (Å²) in [5.41, 5.74) is 27.8. The van der Waals surface area contributed by atoms with Gasteiger partial charge in [-0.2, -0.15) is 21.0 Å². The Bertz CT molecular complexity index is 9550. The third kappa shape index (κ3) is 11.4. The van der Waals surface area contributed by atoms with E-state index >= 15 is 0 Å². The second kappa shape index (κ2) is 29.9. The van der Waals surface area contributed by atoms with Crippen molar-refractivity contribution < 1.29 is 8.83 Å². The minimum absolute atomic E-state index is 0.600. The first-order chi connectivity index (χ1) is 64.4. The average Bonchev–Trinajstić information content (AvgIpc) is 1.56. The molecule has 0 fully saturated rings. The number of benzene rings is 19. The summed E-state index contributed by atoms with van der Waals surface area (Å²) in [7, 11) is 0. The van der Waals surface area contributed by atoms with E-state index in [0.29, 0.717) is 22.3 Å². The molecule has 0 amide bonds. The average molecular weight is 1670 g/mol. The van der Waals surface area contributed by atoms with Crippen LogP contribution >= 0.6 is 11.3 Å². The van der Waals surface area contributed by atoms with Gasteiger partial charge in [-0.15, -0.1) is 11.3 Å². The van der Waals surface area contributed by atoms with E-state index in [0.717, 1.165) is 198 Å². The van der Waals surface area contributed by atoms with Gasteiger partial charge in [0.05, 0.1) is 123 Å². The van der Waals surface area contributed by atoms with Crippen LogP contribution in [0.15, 0.2) is 415 Å². The minimum atomic E-state index is 0.600. The molecule has 0 aliphatic heterocycles. The molecule has 27 rings (SSSR count). The van der Waals surface area contributed by atoms with Crippen LogP contribution in [0.1, 0.15) is 22.3 Å². The smallest absolute Gasteiger partial charge is 0.145 e. The number of para-hydroxylation sites is 13. The monoisotopic (exact) mass is 1670 g/mol. The molecule has 130 heavy (non-hydrogen) atoms. The molecule has 19 aromatic carbocycles. The molecule has 8 heterocycles. The maximum absolute atomic E-state index is 10.5. The van der Waals surface area contributed by atoms with Gasteiger partial charge in [-0.1, -0.05) is 255 Å². The molecule has 0 aliphatic rings. The molecular formula is C118H67N9O2S. The zero-order chi connectivity index (χ0) is 86.3. The fourth-order valence-corrected chi connectivity index (χ4v) is 21.7. The number of hydrogen-bond donors (Lipinski definition) is 0. The van der Waals surface area contributed by atoms with Gasteiger partial charge in [-0.25, -0.2) is 0 Å². The third-order valence-electron chi connectivity index (χ3n) is 26.0. The number of furan rings is 2. The summed E-state index contributed by atoms with van der Waals surface area (Å²) in [6.45, 7) is 0. The van der Waals surface area contributed by atoms with Gasteiger partial charge in [0.15, 0.2) is 0 Å². The van der Waals surface area contributed by atoms with E-state index in [1.54, 1.807) is 11.3 Å². The molecule has 11 nitrogen and oxygen atoms in total. The number of aromatic nitrogens is 5. The van der Waals surface area contributed by atoms with Gasteiger partial charge in [-0.05, 0) is 157 Å². The van der Waals surface area contributed by atoms with Crippen molar-refractivity contribution in [2.24, 2.45) is 0 Å². The van der Waals surface area contributed by atoms with Crippen molar-refractivity contribution in [3.8, 4) is 86.1 Å². The molecule has 0 atom stereocenters. The Morgan fingerprint density at radius 3 is 1.13 bits per heavy atom. The van der Waals surface area contributed by atoms with Crippen molar-refractivity contribution >= 4 is 184 Å². The number of nitrogens with zero attached hydrogens (tertiary/aromatic N) is 9. The van der Waals surface area contributed by atoms with Crippen molar-refractivity contribution in [2.45, 2.75) is 0 Å². The first kappa shape index (κ1) is 74.6. The van der Waals surface area contributed by atoms with Gasteiger partial charge in [0.2, 0.25) is 0 Å². The van der Waals surface area contributed by atoms with Crippen LogP contribution in [0.3, 0.4) is 0 Å². The number of fused-ring (bicyclic) bond motifs is 26. The van der Waals surface area contributed by atoms with E-state index in [9.17, 15) is 21.0 Å². The summed E-state index contributed by atoms with van der Waals surface area (Å²) < 4.78 is 27.8. The van der Waals surface area contributed by atoms with E-state index < -0.39 is 0 Å². The lowest BCUT2D eigenvalue weighted by molar-refractivity contribution is 0.673. The highest BCUT2D eigenvalue weighted by Gasteiger charge is 2.28. The Kier molecular flexibility index (Phi) is 17.1. The molecule has 8 aromatic heterocycles. The van der Waals surface area contributed by atoms with E-state index in [1.807, 2.05) is 78.9 Å². The SMILES string of the molecule is N#Cc1ccc(-n2c3ccccc3c3ccccc32)c(-c2cccc3c2oc2c3ccc3c2c2ccccc2n3-c2ccccc2)c1.N#Cc1ccc2c(c1)sc1cc(-c3ccccc3-n3c4ccccc4c4cccc(C#N)c43)ccc12.N#Cc1cccc(-n2c3ccccc3c3ccccc32)c1-c1cccc2c1oc1c2ccc2c1c1ccccc1n2-c1ccccc1. The van der Waals surface area contributed by atoms with Gasteiger partial charge in [0.25, 0.3) is 0 Å². The van der Waals surface area contributed by atoms with Crippen molar-refractivity contribution in [2.75, 3.05) is 0 Å². The Hall–Kier alpha value is -18.0. The Balaban J connectivity index is 0.000000106. The molecule has 0 spiro atoms. The van der Waals surface area contributed by atoms with E-state index in [2.05, 4.69) is 375 Å². The lowest BCUT2D eigenvalue weighted by Crippen LogP contribution is -1.99. The summed E-state index contributed by atoms with van der Waals surface area (Å²) in [4.78, 5) is 0. The van der Waals surface area contributed by atoms with Crippen LogP contribution in [-0.2, 0) is 0 Å². The van der Waals surface area contributed by atoms with E-state index in [1.165, 1.54) is 37.0 Å². The highest BCUT2D eigenvalue weighted by atomic mass is 32.1. The van der Waals surface area contributed by atoms with Gasteiger partial charge in [-0.3, -0.25) is 0 Å². The van der Waals surface area contributed by atoms with Crippen LogP contribution in [-0.4, -0.2) is 22.8 Å². The molecule has 602 valence electrons. The molecule has 0 saturated heterocycles. The summed E-state index contributed by atoms with van der Waals surface area (Å²) in [6, 6.07) is 150. The summed E-state index contributed by atoms with van der Waals surface area (Å²) in [5, 5.41) is 57.8. The zero-order valence-corrected chi connectivity index (χ0v) is 70.2. The van der Waals surface area contributed by atoms with Crippen molar-refractivity contribution in [1.29, 1.82) is 21.0 Å². The standard InChI is InChI=1S/2C43H25N3O.C32H17N3S/c44-26-27-12-10-23-38(46-35-20-7-4-15-29(35)30-16-5-8-21-36(30)46)40(27)34-19-11-18-31-32-24-25-39-41(43(32)47-42(31)34)33-17-6-9-22-37(33)45(39)28-13-2-1-3-14-28;44-26-27-21-23-39(46-36-18-7-4-13-29(36)30-14-5-8-19-37(30)46)35(25-27)32-17-10-16-31-33-22-24-40-41(43(33)47-42(31)32)34-15-6-9-20-38(34)45(40)28-11-2-1-3-12-28;33-18-20-12-14-25-26-15-13-21(17-31(26)36-30(25)16-20)23-7-1-3-10-28(23)35-29-11-4-2-8-24(29)27-9-5-6-22(19-34)32(27)35/h2*1-25H;1-17H. The van der Waals surface area contributed by atoms with Gasteiger partial charge >= 0.3 is 0 Å². The molecule has 0 unspecified atom stereocenters. The van der Waals surface area contributed by atoms with Crippen LogP contribution in [0, 0.1) is 45.3 Å². The van der Waals surface area contributed by atoms with E-state index in [-0.39, 0.29) is 0 Å². The van der Waals surface area contributed by atoms with Crippen molar-refractivity contribution in [3.05, 3.63) is 429 Å². The minimum Gasteiger partial charge on any atom is -0.455 e. The van der Waals surface area contributed by atoms with E-state index in [4.69, 9.17) is 8.83 Å². The quantitative estimate of drug-likeness (QED) is 0.148. The molecule has 0 radical (unpaired) electrons. The second-order valence-corrected chi connectivity index (χ2v) is 33.9. The van der Waals surface area contributed by atoms with Crippen LogP contribution in [0.2, 0.25) is 0 Å². The van der Waals surface area contributed by atoms with Crippen molar-refractivity contribution in [1.82, 2.24) is 22.8 Å². The van der Waals surface area contributed by atoms with Crippen LogP contribution < -0.4 is 0 Å². The predicted octanol–water partition coefficient (Wildman–Crippen LogP) is 31.2. The molecule has 0 saturated carbocycles. The van der Waals surface area contributed by atoms with Crippen LogP contribution in [0.5, 0.6) is 0 Å². The first-order valence-corrected chi connectivity index (χ1v) is 44.0. The largest absolute Gasteiger partial charge is 0.455 e. The number of thiophene rings is 1. The molecule has 0 aliphatic carbocycles. The fourth-order valence-electron chi connectivity index (χ4n) is 20.5. The maximum Gasteiger partial charge on any atom is 0.145 e. The highest BCUT2D eigenvalue weighted by Crippen LogP contribution is 2.50. The van der Waals surface area contributed by atoms with Crippen LogP contribution in [0.25, 0.3) is 235 Å². The number of hydrogen-bond acceptors (Lipinski definition) is 7. The number of nitriles is 4. The Morgan fingerprint density at radius 1 is 0.215 bits per heavy atom. The Labute approximate surface area is 746 Å². The summed E-state index contributed by atoms with van der Waals surface area (Å²) in [6.07, 6.45) is 0. The fraction of sp³-hybridized carbons (Fsp3) is 0. The molecule has 27 aromatic rings. The molecule has 0 bridgehead atoms. The lowest BCUT2D eigenvalue weighted by atomic mass is 9.96. The van der Waals surface area contributed by atoms with Gasteiger partial charge in [0.1, 0.15) is 28.4 Å². The summed E-state index contributed by atoms with van der Waals surface area (Å²) >= 11 is 1.71. The Morgan fingerprint density at radius 2 is 0.585 bits per heavy atom. The maximum atomic E-state index is 10.5. The molecule has 12 heteroatoms. The highest BCUT2D eigenvalue weighted by molar-refractivity contribution is 7.25. The zero-order valence-electron chi connectivity index (χ0n) is 69.4. The third-order valence-corrected chi connectivity index (χ3v) is 27.1. The molecular weight excluding hydrogens is 1610 g/mol. The lowest BCUT2D eigenvalue weighted by Gasteiger charge is -2.15.